The Hall–Kier alpha value is -2.08. The van der Waals surface area contributed by atoms with Crippen LogP contribution in [0.15, 0.2) is 36.4 Å². The molecule has 0 fully saturated rings. The van der Waals surface area contributed by atoms with Gasteiger partial charge in [0.15, 0.2) is 11.6 Å². The molecule has 2 N–H and O–H groups in total. The summed E-state index contributed by atoms with van der Waals surface area (Å²) in [4.78, 5) is 1.11. The molecule has 0 saturated carbocycles. The first-order chi connectivity index (χ1) is 9.97. The average Bonchev–Trinajstić information content (AvgIpc) is 2.45. The molecule has 0 aromatic heterocycles. The molecule has 0 aliphatic rings. The van der Waals surface area contributed by atoms with Crippen LogP contribution in [-0.2, 0) is 0 Å². The fourth-order valence-corrected chi connectivity index (χ4v) is 2.24. The van der Waals surface area contributed by atoms with Gasteiger partial charge in [0.25, 0.3) is 0 Å². The minimum atomic E-state index is -1.13. The summed E-state index contributed by atoms with van der Waals surface area (Å²) >= 11 is 4.66. The number of rotatable bonds is 4. The highest BCUT2D eigenvalue weighted by atomic mass is 32.1. The molecule has 0 heterocycles. The fourth-order valence-electron chi connectivity index (χ4n) is 2.08. The molecule has 6 heteroatoms. The van der Waals surface area contributed by atoms with E-state index in [-0.39, 0.29) is 28.5 Å². The molecule has 0 spiro atoms. The van der Waals surface area contributed by atoms with Crippen LogP contribution in [0.5, 0.6) is 0 Å². The quantitative estimate of drug-likeness (QED) is 0.869. The Bertz CT molecular complexity index is 689. The fraction of sp³-hybridized carbons (Fsp3) is 0.133. The zero-order chi connectivity index (χ0) is 15.6. The predicted octanol–water partition coefficient (Wildman–Crippen LogP) is 3.90. The zero-order valence-corrected chi connectivity index (χ0v) is 12.1. The van der Waals surface area contributed by atoms with E-state index in [0.29, 0.717) is 0 Å². The van der Waals surface area contributed by atoms with Crippen molar-refractivity contribution in [3.63, 3.8) is 0 Å². The van der Waals surface area contributed by atoms with Crippen LogP contribution in [0.4, 0.5) is 24.5 Å². The van der Waals surface area contributed by atoms with Gasteiger partial charge in [0.05, 0.1) is 11.4 Å². The number of nitrogens with two attached hydrogens (primary N) is 1. The van der Waals surface area contributed by atoms with Gasteiger partial charge in [-0.05, 0) is 31.2 Å². The molecule has 0 aliphatic carbocycles. The van der Waals surface area contributed by atoms with Gasteiger partial charge in [-0.15, -0.1) is 0 Å². The van der Waals surface area contributed by atoms with Crippen molar-refractivity contribution in [2.75, 3.05) is 11.4 Å². The lowest BCUT2D eigenvalue weighted by Gasteiger charge is -2.24. The third kappa shape index (κ3) is 2.85. The van der Waals surface area contributed by atoms with Crippen molar-refractivity contribution in [3.8, 4) is 0 Å². The molecule has 0 atom stereocenters. The Morgan fingerprint density at radius 1 is 1.05 bits per heavy atom. The maximum absolute atomic E-state index is 14.2. The van der Waals surface area contributed by atoms with Gasteiger partial charge in [-0.2, -0.15) is 0 Å². The number of thiocarbonyl (C=S) groups is 1. The van der Waals surface area contributed by atoms with E-state index in [4.69, 9.17) is 5.73 Å². The average molecular weight is 310 g/mol. The highest BCUT2D eigenvalue weighted by Gasteiger charge is 2.20. The second-order valence-corrected chi connectivity index (χ2v) is 4.76. The lowest BCUT2D eigenvalue weighted by atomic mass is 10.1. The molecule has 2 aromatic carbocycles. The van der Waals surface area contributed by atoms with Crippen LogP contribution in [-0.4, -0.2) is 11.5 Å². The van der Waals surface area contributed by atoms with E-state index < -0.39 is 17.5 Å². The van der Waals surface area contributed by atoms with E-state index in [0.717, 1.165) is 0 Å². The third-order valence-electron chi connectivity index (χ3n) is 3.08. The van der Waals surface area contributed by atoms with Crippen LogP contribution in [0.25, 0.3) is 0 Å². The largest absolute Gasteiger partial charge is 0.389 e. The number of benzene rings is 2. The van der Waals surface area contributed by atoms with Crippen LogP contribution < -0.4 is 10.6 Å². The summed E-state index contributed by atoms with van der Waals surface area (Å²) in [5.74, 6) is -2.75. The molecule has 21 heavy (non-hydrogen) atoms. The molecule has 2 rings (SSSR count). The smallest absolute Gasteiger partial charge is 0.183 e. The van der Waals surface area contributed by atoms with E-state index in [1.165, 1.54) is 35.2 Å². The van der Waals surface area contributed by atoms with Gasteiger partial charge in [0.1, 0.15) is 10.8 Å². The van der Waals surface area contributed by atoms with E-state index in [2.05, 4.69) is 12.2 Å². The molecular weight excluding hydrogens is 297 g/mol. The summed E-state index contributed by atoms with van der Waals surface area (Å²) < 4.78 is 42.0. The van der Waals surface area contributed by atoms with E-state index in [9.17, 15) is 13.2 Å². The number of nitrogens with zero attached hydrogens (tertiary/aromatic N) is 1. The van der Waals surface area contributed by atoms with Gasteiger partial charge >= 0.3 is 0 Å². The Kier molecular flexibility index (Phi) is 4.47. The summed E-state index contributed by atoms with van der Waals surface area (Å²) in [5, 5.41) is 0. The van der Waals surface area contributed by atoms with Gasteiger partial charge in [-0.1, -0.05) is 24.4 Å². The lowest BCUT2D eigenvalue weighted by molar-refractivity contribution is 0.507. The number of hydrogen-bond donors (Lipinski definition) is 1. The topological polar surface area (TPSA) is 29.3 Å². The highest BCUT2D eigenvalue weighted by molar-refractivity contribution is 7.80. The van der Waals surface area contributed by atoms with Gasteiger partial charge in [0, 0.05) is 12.1 Å². The normalized spacial score (nSPS) is 10.5. The number of hydrogen-bond acceptors (Lipinski definition) is 2. The highest BCUT2D eigenvalue weighted by Crippen LogP contribution is 2.31. The SMILES string of the molecule is CCN(c1ccccc1F)c1ccc(C(N)=S)c(F)c1F. The first-order valence-corrected chi connectivity index (χ1v) is 6.68. The van der Waals surface area contributed by atoms with Crippen LogP contribution in [0.3, 0.4) is 0 Å². The summed E-state index contributed by atoms with van der Waals surface area (Å²) in [6.07, 6.45) is 0. The van der Waals surface area contributed by atoms with Gasteiger partial charge in [-0.3, -0.25) is 0 Å². The van der Waals surface area contributed by atoms with Crippen molar-refractivity contribution < 1.29 is 13.2 Å². The molecule has 0 bridgehead atoms. The van der Waals surface area contributed by atoms with Crippen LogP contribution in [0, 0.1) is 17.5 Å². The summed E-state index contributed by atoms with van der Waals surface area (Å²) in [7, 11) is 0. The monoisotopic (exact) mass is 310 g/mol. The van der Waals surface area contributed by atoms with Crippen molar-refractivity contribution in [2.24, 2.45) is 5.73 Å². The maximum Gasteiger partial charge on any atom is 0.183 e. The summed E-state index contributed by atoms with van der Waals surface area (Å²) in [5.41, 5.74) is 5.26. The van der Waals surface area contributed by atoms with Crippen LogP contribution >= 0.6 is 12.2 Å². The molecule has 0 aliphatic heterocycles. The molecule has 2 aromatic rings. The van der Waals surface area contributed by atoms with E-state index in [1.54, 1.807) is 13.0 Å². The Morgan fingerprint density at radius 2 is 1.71 bits per heavy atom. The van der Waals surface area contributed by atoms with Crippen molar-refractivity contribution in [1.29, 1.82) is 0 Å². The summed E-state index contributed by atoms with van der Waals surface area (Å²) in [6, 6.07) is 8.54. The predicted molar refractivity (Wildman–Crippen MR) is 81.3 cm³/mol. The van der Waals surface area contributed by atoms with Crippen molar-refractivity contribution in [2.45, 2.75) is 6.92 Å². The second-order valence-electron chi connectivity index (χ2n) is 4.32. The third-order valence-corrected chi connectivity index (χ3v) is 3.30. The lowest BCUT2D eigenvalue weighted by Crippen LogP contribution is -2.21. The summed E-state index contributed by atoms with van der Waals surface area (Å²) in [6.45, 7) is 1.98. The minimum Gasteiger partial charge on any atom is -0.389 e. The van der Waals surface area contributed by atoms with Gasteiger partial charge in [-0.25, -0.2) is 13.2 Å². The molecule has 0 radical (unpaired) electrons. The van der Waals surface area contributed by atoms with Crippen molar-refractivity contribution in [1.82, 2.24) is 0 Å². The number of halogens is 3. The van der Waals surface area contributed by atoms with Crippen LogP contribution in [0.2, 0.25) is 0 Å². The minimum absolute atomic E-state index is 0.0694. The maximum atomic E-state index is 14.2. The molecule has 0 unspecified atom stereocenters. The van der Waals surface area contributed by atoms with E-state index in [1.807, 2.05) is 0 Å². The van der Waals surface area contributed by atoms with E-state index >= 15 is 0 Å². The Balaban J connectivity index is 2.57. The molecule has 0 saturated heterocycles. The molecule has 0 amide bonds. The Morgan fingerprint density at radius 3 is 2.29 bits per heavy atom. The molecule has 110 valence electrons. The molecular formula is C15H13F3N2S. The zero-order valence-electron chi connectivity index (χ0n) is 11.2. The first-order valence-electron chi connectivity index (χ1n) is 6.27. The van der Waals surface area contributed by atoms with Gasteiger partial charge < -0.3 is 10.6 Å². The Labute approximate surface area is 126 Å². The van der Waals surface area contributed by atoms with Crippen LogP contribution in [0.1, 0.15) is 12.5 Å². The first kappa shape index (κ1) is 15.3. The van der Waals surface area contributed by atoms with Crippen molar-refractivity contribution in [3.05, 3.63) is 59.4 Å². The second kappa shape index (κ2) is 6.13. The number of anilines is 2. The standard InChI is InChI=1S/C15H13F3N2S/c1-2-20(11-6-4-3-5-10(11)16)12-8-7-9(15(19)21)13(17)14(12)18/h3-8H,2H2,1H3,(H2,19,21). The van der Waals surface area contributed by atoms with Crippen molar-refractivity contribution >= 4 is 28.6 Å². The molecule has 2 nitrogen and oxygen atoms in total. The number of para-hydroxylation sites is 1. The van der Waals surface area contributed by atoms with Gasteiger partial charge in [0.2, 0.25) is 0 Å².